The number of nitrogens with one attached hydrogen (secondary N) is 1. The number of carbonyl (C=O) groups excluding carboxylic acids is 1. The molecule has 16 heavy (non-hydrogen) atoms. The Bertz CT molecular complexity index is 185. The molecule has 0 aliphatic heterocycles. The maximum Gasteiger partial charge on any atom is 0.222 e. The van der Waals surface area contributed by atoms with Crippen LogP contribution in [0.1, 0.15) is 27.2 Å². The Morgan fingerprint density at radius 3 is 2.31 bits per heavy atom. The van der Waals surface area contributed by atoms with Gasteiger partial charge in [0, 0.05) is 20.2 Å². The third-order valence-corrected chi connectivity index (χ3v) is 2.77. The van der Waals surface area contributed by atoms with E-state index in [9.17, 15) is 4.79 Å². The first-order chi connectivity index (χ1) is 7.01. The largest absolute Gasteiger partial charge is 0.380 e. The molecule has 5 heteroatoms. The Labute approximate surface area is 105 Å². The van der Waals surface area contributed by atoms with Crippen LogP contribution < -0.4 is 11.1 Å². The lowest BCUT2D eigenvalue weighted by atomic mass is 9.98. The fourth-order valence-electron chi connectivity index (χ4n) is 1.05. The highest BCUT2D eigenvalue weighted by Crippen LogP contribution is 2.07. The fraction of sp³-hybridized carbons (Fsp3) is 0.909. The van der Waals surface area contributed by atoms with Gasteiger partial charge in [0.15, 0.2) is 0 Å². The van der Waals surface area contributed by atoms with Crippen molar-refractivity contribution in [1.29, 1.82) is 0 Å². The molecular weight excluding hydrogens is 228 g/mol. The molecule has 0 bridgehead atoms. The summed E-state index contributed by atoms with van der Waals surface area (Å²) in [6.45, 7) is 7.52. The molecule has 2 atom stereocenters. The molecule has 0 aromatic rings. The molecule has 0 rings (SSSR count). The summed E-state index contributed by atoms with van der Waals surface area (Å²) in [4.78, 5) is 11.5. The first-order valence-electron chi connectivity index (χ1n) is 5.50. The second kappa shape index (κ2) is 9.87. The van der Waals surface area contributed by atoms with Gasteiger partial charge in [-0.1, -0.05) is 20.8 Å². The Morgan fingerprint density at radius 2 is 1.94 bits per heavy atom. The normalized spacial score (nSPS) is 14.1. The number of hydrogen-bond donors (Lipinski definition) is 2. The van der Waals surface area contributed by atoms with E-state index in [4.69, 9.17) is 10.5 Å². The van der Waals surface area contributed by atoms with E-state index in [1.54, 1.807) is 7.11 Å². The first-order valence-corrected chi connectivity index (χ1v) is 5.50. The van der Waals surface area contributed by atoms with Crippen LogP contribution in [0, 0.1) is 11.8 Å². The van der Waals surface area contributed by atoms with Crippen LogP contribution in [0.15, 0.2) is 0 Å². The lowest BCUT2D eigenvalue weighted by Gasteiger charge is -2.17. The molecule has 0 fully saturated rings. The summed E-state index contributed by atoms with van der Waals surface area (Å²) < 4.78 is 5.04. The van der Waals surface area contributed by atoms with Gasteiger partial charge in [-0.3, -0.25) is 4.79 Å². The van der Waals surface area contributed by atoms with Crippen molar-refractivity contribution >= 4 is 18.3 Å². The molecular formula is C11H25ClN2O2. The molecule has 0 aromatic heterocycles. The van der Waals surface area contributed by atoms with Gasteiger partial charge in [0.1, 0.15) is 0 Å². The van der Waals surface area contributed by atoms with Crippen molar-refractivity contribution < 1.29 is 9.53 Å². The molecule has 0 aliphatic rings. The minimum atomic E-state index is -0.167. The number of ether oxygens (including phenoxy) is 1. The minimum absolute atomic E-state index is 0. The van der Waals surface area contributed by atoms with Crippen LogP contribution in [0.3, 0.4) is 0 Å². The van der Waals surface area contributed by atoms with E-state index in [1.165, 1.54) is 0 Å². The van der Waals surface area contributed by atoms with Gasteiger partial charge < -0.3 is 15.8 Å². The van der Waals surface area contributed by atoms with Gasteiger partial charge in [-0.2, -0.15) is 0 Å². The number of methoxy groups -OCH3 is 1. The molecule has 4 nitrogen and oxygen atoms in total. The lowest BCUT2D eigenvalue weighted by molar-refractivity contribution is -0.123. The van der Waals surface area contributed by atoms with Gasteiger partial charge in [-0.25, -0.2) is 0 Å². The number of nitrogens with two attached hydrogens (primary N) is 1. The van der Waals surface area contributed by atoms with E-state index in [-0.39, 0.29) is 24.4 Å². The fourth-order valence-corrected chi connectivity index (χ4v) is 1.05. The van der Waals surface area contributed by atoms with Crippen molar-refractivity contribution in [2.24, 2.45) is 17.6 Å². The monoisotopic (exact) mass is 252 g/mol. The molecule has 98 valence electrons. The Balaban J connectivity index is 0. The quantitative estimate of drug-likeness (QED) is 0.715. The molecule has 0 spiro atoms. The number of halogens is 1. The Hall–Kier alpha value is -0.320. The van der Waals surface area contributed by atoms with Crippen molar-refractivity contribution in [3.05, 3.63) is 0 Å². The highest BCUT2D eigenvalue weighted by atomic mass is 35.5. The molecule has 0 aromatic carbocycles. The van der Waals surface area contributed by atoms with Gasteiger partial charge in [-0.05, 0) is 11.8 Å². The Kier molecular flexibility index (Phi) is 11.1. The van der Waals surface area contributed by atoms with Gasteiger partial charge in [-0.15, -0.1) is 12.4 Å². The van der Waals surface area contributed by atoms with Gasteiger partial charge >= 0.3 is 0 Å². The first kappa shape index (κ1) is 18.1. The minimum Gasteiger partial charge on any atom is -0.380 e. The SMILES string of the molecule is COC(CN)CC(=O)NCC(C)C(C)C.Cl. The predicted octanol–water partition coefficient (Wildman–Crippen LogP) is 1.18. The van der Waals surface area contributed by atoms with Crippen molar-refractivity contribution in [2.45, 2.75) is 33.3 Å². The van der Waals surface area contributed by atoms with Crippen molar-refractivity contribution in [3.63, 3.8) is 0 Å². The number of rotatable bonds is 7. The smallest absolute Gasteiger partial charge is 0.222 e. The molecule has 2 unspecified atom stereocenters. The standard InChI is InChI=1S/C11H24N2O2.ClH/c1-8(2)9(3)7-13-11(14)5-10(6-12)15-4;/h8-10H,5-7,12H2,1-4H3,(H,13,14);1H. The van der Waals surface area contributed by atoms with E-state index in [1.807, 2.05) is 0 Å². The molecule has 1 amide bonds. The highest BCUT2D eigenvalue weighted by molar-refractivity contribution is 5.85. The zero-order chi connectivity index (χ0) is 11.8. The van der Waals surface area contributed by atoms with Crippen LogP contribution in [0.5, 0.6) is 0 Å². The summed E-state index contributed by atoms with van der Waals surface area (Å²) in [6.07, 6.45) is 0.178. The summed E-state index contributed by atoms with van der Waals surface area (Å²) in [5.74, 6) is 1.09. The van der Waals surface area contributed by atoms with Crippen LogP contribution in [0.2, 0.25) is 0 Å². The zero-order valence-corrected chi connectivity index (χ0v) is 11.5. The molecule has 0 aliphatic carbocycles. The second-order valence-electron chi connectivity index (χ2n) is 4.32. The predicted molar refractivity (Wildman–Crippen MR) is 68.7 cm³/mol. The highest BCUT2D eigenvalue weighted by Gasteiger charge is 2.13. The van der Waals surface area contributed by atoms with Crippen molar-refractivity contribution in [2.75, 3.05) is 20.2 Å². The third-order valence-electron chi connectivity index (χ3n) is 2.77. The molecule has 0 heterocycles. The van der Waals surface area contributed by atoms with Gasteiger partial charge in [0.25, 0.3) is 0 Å². The third kappa shape index (κ3) is 7.91. The Morgan fingerprint density at radius 1 is 1.38 bits per heavy atom. The summed E-state index contributed by atoms with van der Waals surface area (Å²) in [6, 6.07) is 0. The lowest BCUT2D eigenvalue weighted by Crippen LogP contribution is -2.35. The van der Waals surface area contributed by atoms with Crippen LogP contribution in [-0.4, -0.2) is 32.2 Å². The summed E-state index contributed by atoms with van der Waals surface area (Å²) >= 11 is 0. The van der Waals surface area contributed by atoms with Crippen molar-refractivity contribution in [3.8, 4) is 0 Å². The molecule has 0 radical (unpaired) electrons. The van der Waals surface area contributed by atoms with Gasteiger partial charge in [0.05, 0.1) is 12.5 Å². The van der Waals surface area contributed by atoms with Crippen LogP contribution in [-0.2, 0) is 9.53 Å². The second-order valence-corrected chi connectivity index (χ2v) is 4.32. The van der Waals surface area contributed by atoms with Crippen molar-refractivity contribution in [1.82, 2.24) is 5.32 Å². The molecule has 0 saturated carbocycles. The van der Waals surface area contributed by atoms with E-state index in [0.717, 1.165) is 6.54 Å². The van der Waals surface area contributed by atoms with E-state index >= 15 is 0 Å². The average Bonchev–Trinajstić information content (AvgIpc) is 2.22. The van der Waals surface area contributed by atoms with Crippen LogP contribution in [0.4, 0.5) is 0 Å². The summed E-state index contributed by atoms with van der Waals surface area (Å²) in [5, 5.41) is 2.89. The van der Waals surface area contributed by atoms with E-state index in [2.05, 4.69) is 26.1 Å². The number of carbonyl (C=O) groups is 1. The average molecular weight is 253 g/mol. The maximum atomic E-state index is 11.5. The summed E-state index contributed by atoms with van der Waals surface area (Å²) in [5.41, 5.74) is 5.43. The molecule has 3 N–H and O–H groups in total. The van der Waals surface area contributed by atoms with E-state index < -0.39 is 0 Å². The maximum absolute atomic E-state index is 11.5. The topological polar surface area (TPSA) is 64.3 Å². The zero-order valence-electron chi connectivity index (χ0n) is 10.7. The van der Waals surface area contributed by atoms with Crippen LogP contribution >= 0.6 is 12.4 Å². The summed E-state index contributed by atoms with van der Waals surface area (Å²) in [7, 11) is 1.57. The number of amides is 1. The van der Waals surface area contributed by atoms with E-state index in [0.29, 0.717) is 24.8 Å². The van der Waals surface area contributed by atoms with Crippen LogP contribution in [0.25, 0.3) is 0 Å². The molecule has 0 saturated heterocycles. The van der Waals surface area contributed by atoms with Gasteiger partial charge in [0.2, 0.25) is 5.91 Å². The number of hydrogen-bond acceptors (Lipinski definition) is 3.